The van der Waals surface area contributed by atoms with Crippen molar-refractivity contribution < 1.29 is 4.79 Å². The van der Waals surface area contributed by atoms with Crippen LogP contribution in [0.1, 0.15) is 36.4 Å². The van der Waals surface area contributed by atoms with Gasteiger partial charge >= 0.3 is 0 Å². The summed E-state index contributed by atoms with van der Waals surface area (Å²) in [6.45, 7) is 4.61. The molecule has 0 aliphatic rings. The molecule has 3 nitrogen and oxygen atoms in total. The number of carbonyl (C=O) groups excluding carboxylic acids is 1. The quantitative estimate of drug-likeness (QED) is 0.833. The average molecular weight is 339 g/mol. The van der Waals surface area contributed by atoms with Crippen LogP contribution in [0.2, 0.25) is 0 Å². The van der Waals surface area contributed by atoms with Gasteiger partial charge in [-0.25, -0.2) is 0 Å². The van der Waals surface area contributed by atoms with Crippen LogP contribution in [0.4, 0.5) is 0 Å². The summed E-state index contributed by atoms with van der Waals surface area (Å²) in [6.07, 6.45) is 1.69. The molecule has 0 atom stereocenters. The molecule has 2 rings (SSSR count). The van der Waals surface area contributed by atoms with E-state index in [0.29, 0.717) is 6.54 Å². The van der Waals surface area contributed by atoms with E-state index in [1.165, 1.54) is 11.3 Å². The van der Waals surface area contributed by atoms with Gasteiger partial charge in [-0.2, -0.15) is 0 Å². The van der Waals surface area contributed by atoms with E-state index in [-0.39, 0.29) is 23.9 Å². The molecule has 0 saturated heterocycles. The van der Waals surface area contributed by atoms with Crippen LogP contribution in [0.3, 0.4) is 0 Å². The number of nitrogens with two attached hydrogens (primary N) is 1. The lowest BCUT2D eigenvalue weighted by molar-refractivity contribution is 0.0947. The molecule has 1 amide bonds. The zero-order valence-electron chi connectivity index (χ0n) is 13.0. The number of nitrogens with one attached hydrogen (secondary N) is 1. The van der Waals surface area contributed by atoms with E-state index in [1.807, 2.05) is 41.8 Å². The van der Waals surface area contributed by atoms with Crippen LogP contribution in [0.25, 0.3) is 11.1 Å². The number of rotatable bonds is 6. The molecule has 0 unspecified atom stereocenters. The molecular formula is C17H23ClN2OS. The van der Waals surface area contributed by atoms with Gasteiger partial charge in [0.05, 0.1) is 4.88 Å². The number of amides is 1. The van der Waals surface area contributed by atoms with Gasteiger partial charge in [-0.05, 0) is 29.9 Å². The first-order valence-corrected chi connectivity index (χ1v) is 8.17. The number of benzene rings is 1. The predicted molar refractivity (Wildman–Crippen MR) is 96.8 cm³/mol. The summed E-state index contributed by atoms with van der Waals surface area (Å²) in [6, 6.07) is 12.0. The van der Waals surface area contributed by atoms with Gasteiger partial charge in [0.1, 0.15) is 0 Å². The summed E-state index contributed by atoms with van der Waals surface area (Å²) in [4.78, 5) is 13.2. The summed E-state index contributed by atoms with van der Waals surface area (Å²) < 4.78 is 0. The number of hydrogen-bond donors (Lipinski definition) is 2. The lowest BCUT2D eigenvalue weighted by Gasteiger charge is -2.26. The van der Waals surface area contributed by atoms with Crippen molar-refractivity contribution in [3.8, 4) is 11.1 Å². The molecule has 0 aliphatic heterocycles. The molecule has 1 aromatic heterocycles. The highest BCUT2D eigenvalue weighted by atomic mass is 35.5. The monoisotopic (exact) mass is 338 g/mol. The number of thiophene rings is 1. The van der Waals surface area contributed by atoms with Crippen LogP contribution in [-0.4, -0.2) is 18.0 Å². The van der Waals surface area contributed by atoms with Crippen molar-refractivity contribution in [2.24, 2.45) is 5.73 Å². The highest BCUT2D eigenvalue weighted by molar-refractivity contribution is 7.12. The van der Waals surface area contributed by atoms with Crippen molar-refractivity contribution in [1.82, 2.24) is 5.32 Å². The van der Waals surface area contributed by atoms with Gasteiger partial charge in [0.2, 0.25) is 0 Å². The molecule has 0 saturated carbocycles. The molecule has 0 bridgehead atoms. The highest BCUT2D eigenvalue weighted by Crippen LogP contribution is 2.28. The molecule has 5 heteroatoms. The lowest BCUT2D eigenvalue weighted by Crippen LogP contribution is -2.49. The van der Waals surface area contributed by atoms with Gasteiger partial charge in [0, 0.05) is 17.6 Å². The summed E-state index contributed by atoms with van der Waals surface area (Å²) in [5.74, 6) is -0.0411. The van der Waals surface area contributed by atoms with Crippen molar-refractivity contribution >= 4 is 29.7 Å². The summed E-state index contributed by atoms with van der Waals surface area (Å²) in [5.41, 5.74) is 7.96. The second kappa shape index (κ2) is 8.32. The fourth-order valence-electron chi connectivity index (χ4n) is 2.17. The van der Waals surface area contributed by atoms with Crippen LogP contribution in [-0.2, 0) is 0 Å². The Balaban J connectivity index is 0.00000242. The van der Waals surface area contributed by atoms with Crippen molar-refractivity contribution in [2.45, 2.75) is 32.2 Å². The van der Waals surface area contributed by atoms with Crippen LogP contribution in [0, 0.1) is 0 Å². The zero-order chi connectivity index (χ0) is 15.3. The number of hydrogen-bond acceptors (Lipinski definition) is 3. The normalized spacial score (nSPS) is 10.9. The third-order valence-corrected chi connectivity index (χ3v) is 4.88. The maximum atomic E-state index is 12.4. The molecule has 1 aromatic carbocycles. The van der Waals surface area contributed by atoms with Crippen molar-refractivity contribution in [3.63, 3.8) is 0 Å². The molecule has 0 aliphatic carbocycles. The minimum atomic E-state index is -0.320. The van der Waals surface area contributed by atoms with Crippen LogP contribution >= 0.6 is 23.7 Å². The first-order valence-electron chi connectivity index (χ1n) is 7.29. The Morgan fingerprint density at radius 2 is 1.82 bits per heavy atom. The lowest BCUT2D eigenvalue weighted by atomic mass is 9.94. The van der Waals surface area contributed by atoms with Gasteiger partial charge in [0.15, 0.2) is 0 Å². The van der Waals surface area contributed by atoms with Crippen molar-refractivity contribution in [2.75, 3.05) is 6.54 Å². The Hall–Kier alpha value is -1.36. The fourth-order valence-corrected chi connectivity index (χ4v) is 3.00. The van der Waals surface area contributed by atoms with E-state index in [2.05, 4.69) is 19.2 Å². The third kappa shape index (κ3) is 4.32. The summed E-state index contributed by atoms with van der Waals surface area (Å²) in [7, 11) is 0. The van der Waals surface area contributed by atoms with Gasteiger partial charge in [-0.1, -0.05) is 44.2 Å². The molecule has 0 fully saturated rings. The fraction of sp³-hybridized carbons (Fsp3) is 0.353. The van der Waals surface area contributed by atoms with Crippen molar-refractivity contribution in [3.05, 3.63) is 46.7 Å². The third-order valence-electron chi connectivity index (χ3n) is 3.97. The van der Waals surface area contributed by atoms with E-state index in [9.17, 15) is 4.79 Å². The predicted octanol–water partition coefficient (Wildman–Crippen LogP) is 4.08. The second-order valence-corrected chi connectivity index (χ2v) is 6.20. The second-order valence-electron chi connectivity index (χ2n) is 5.28. The Morgan fingerprint density at radius 1 is 1.18 bits per heavy atom. The zero-order valence-corrected chi connectivity index (χ0v) is 14.6. The smallest absolute Gasteiger partial charge is 0.262 e. The van der Waals surface area contributed by atoms with E-state index < -0.39 is 0 Å². The molecule has 22 heavy (non-hydrogen) atoms. The molecular weight excluding hydrogens is 316 g/mol. The minimum Gasteiger partial charge on any atom is -0.349 e. The van der Waals surface area contributed by atoms with E-state index in [1.54, 1.807) is 0 Å². The molecule has 1 heterocycles. The molecule has 2 aromatic rings. The standard InChI is InChI=1S/C17H22N2OS.ClH/c1-3-17(18,4-2)12-19-16(20)15-14(10-11-21-15)13-8-6-5-7-9-13;/h5-11H,3-4,12,18H2,1-2H3,(H,19,20);1H. The van der Waals surface area contributed by atoms with E-state index in [0.717, 1.165) is 28.8 Å². The van der Waals surface area contributed by atoms with Gasteiger partial charge in [-0.3, -0.25) is 4.79 Å². The Kier molecular flexibility index (Phi) is 7.07. The largest absolute Gasteiger partial charge is 0.349 e. The first-order chi connectivity index (χ1) is 10.1. The topological polar surface area (TPSA) is 55.1 Å². The van der Waals surface area contributed by atoms with Crippen molar-refractivity contribution in [1.29, 1.82) is 0 Å². The van der Waals surface area contributed by atoms with Gasteiger partial charge < -0.3 is 11.1 Å². The van der Waals surface area contributed by atoms with Crippen LogP contribution in [0.15, 0.2) is 41.8 Å². The highest BCUT2D eigenvalue weighted by Gasteiger charge is 2.22. The SMILES string of the molecule is CCC(N)(CC)CNC(=O)c1sccc1-c1ccccc1.Cl. The molecule has 3 N–H and O–H groups in total. The summed E-state index contributed by atoms with van der Waals surface area (Å²) >= 11 is 1.47. The summed E-state index contributed by atoms with van der Waals surface area (Å²) in [5, 5.41) is 4.94. The molecule has 0 spiro atoms. The molecule has 120 valence electrons. The Morgan fingerprint density at radius 3 is 2.41 bits per heavy atom. The Bertz CT molecular complexity index is 594. The van der Waals surface area contributed by atoms with Crippen LogP contribution in [0.5, 0.6) is 0 Å². The first kappa shape index (κ1) is 18.7. The molecule has 0 radical (unpaired) electrons. The number of halogens is 1. The number of carbonyl (C=O) groups is 1. The maximum Gasteiger partial charge on any atom is 0.262 e. The van der Waals surface area contributed by atoms with Gasteiger partial charge in [0.25, 0.3) is 5.91 Å². The van der Waals surface area contributed by atoms with E-state index in [4.69, 9.17) is 5.73 Å². The van der Waals surface area contributed by atoms with Crippen LogP contribution < -0.4 is 11.1 Å². The van der Waals surface area contributed by atoms with E-state index >= 15 is 0 Å². The Labute approximate surface area is 142 Å². The average Bonchev–Trinajstić information content (AvgIpc) is 3.03. The van der Waals surface area contributed by atoms with Gasteiger partial charge in [-0.15, -0.1) is 23.7 Å². The minimum absolute atomic E-state index is 0. The maximum absolute atomic E-state index is 12.4.